The molecule has 1 aliphatic heterocycles. The van der Waals surface area contributed by atoms with Gasteiger partial charge < -0.3 is 38.6 Å². The van der Waals surface area contributed by atoms with Crippen molar-refractivity contribution in [3.8, 4) is 39.9 Å². The van der Waals surface area contributed by atoms with Crippen LogP contribution in [0.3, 0.4) is 0 Å². The first kappa shape index (κ1) is 70.9. The minimum atomic E-state index is -1.10. The van der Waals surface area contributed by atoms with E-state index in [2.05, 4.69) is 251 Å². The Bertz CT molecular complexity index is 5310. The lowest BCUT2D eigenvalue weighted by Gasteiger charge is -2.41. The largest absolute Gasteiger partial charge is 0.497 e. The van der Waals surface area contributed by atoms with Crippen molar-refractivity contribution in [1.82, 2.24) is 9.13 Å². The van der Waals surface area contributed by atoms with Crippen molar-refractivity contribution >= 4 is 12.4 Å². The Kier molecular flexibility index (Phi) is 20.3. The highest BCUT2D eigenvalue weighted by Gasteiger charge is 2.52. The van der Waals surface area contributed by atoms with Gasteiger partial charge in [-0.05, 0) is 179 Å². The topological polar surface area (TPSA) is 113 Å². The molecule has 109 heavy (non-hydrogen) atoms. The number of aliphatic hydroxyl groups excluding tert-OH is 2. The number of imidazole rings is 2. The van der Waals surface area contributed by atoms with Gasteiger partial charge in [0.15, 0.2) is 13.5 Å². The fourth-order valence-corrected chi connectivity index (χ4v) is 16.2. The molecule has 0 bridgehead atoms. The van der Waals surface area contributed by atoms with Crippen LogP contribution < -0.4 is 28.1 Å². The van der Waals surface area contributed by atoms with Crippen LogP contribution in [0, 0.1) is 6.92 Å². The minimum absolute atomic E-state index is 0.0730. The Morgan fingerprint density at radius 1 is 0.367 bits per heavy atom. The minimum Gasteiger partial charge on any atom is -0.497 e. The number of fused-ring (bicyclic) bond motifs is 9. The Morgan fingerprint density at radius 2 is 0.651 bits per heavy atom. The van der Waals surface area contributed by atoms with Gasteiger partial charge in [-0.25, -0.2) is 18.3 Å². The molecule has 1 aliphatic carbocycles. The van der Waals surface area contributed by atoms with Gasteiger partial charge in [0.25, 0.3) is 0 Å². The van der Waals surface area contributed by atoms with Crippen LogP contribution in [0.25, 0.3) is 23.5 Å². The number of methoxy groups -OCH3 is 3. The molecule has 0 fully saturated rings. The fraction of sp³-hybridized carbons (Fsp3) is 0.155. The molecule has 4 atom stereocenters. The normalized spacial score (nSPS) is 14.0. The molecule has 2 aliphatic rings. The van der Waals surface area contributed by atoms with Crippen molar-refractivity contribution in [2.75, 3.05) is 21.3 Å². The quantitative estimate of drug-likeness (QED) is 0.0387. The van der Waals surface area contributed by atoms with Crippen molar-refractivity contribution in [3.63, 3.8) is 0 Å². The lowest BCUT2D eigenvalue weighted by atomic mass is 9.64. The predicted molar refractivity (Wildman–Crippen MR) is 427 cm³/mol. The first-order valence-corrected chi connectivity index (χ1v) is 36.9. The third kappa shape index (κ3) is 14.1. The second-order valence-corrected chi connectivity index (χ2v) is 28.3. The number of hydrogen-bond donors (Lipinski definition) is 2. The third-order valence-electron chi connectivity index (χ3n) is 21.8. The van der Waals surface area contributed by atoms with Crippen molar-refractivity contribution < 1.29 is 47.8 Å². The molecular weight excluding hydrogens is 1350 g/mol. The van der Waals surface area contributed by atoms with E-state index in [0.29, 0.717) is 26.7 Å². The molecule has 0 radical (unpaired) electrons. The second kappa shape index (κ2) is 31.2. The van der Waals surface area contributed by atoms with Crippen LogP contribution in [0.2, 0.25) is 0 Å². The summed E-state index contributed by atoms with van der Waals surface area (Å²) in [6.45, 7) is 11.4. The van der Waals surface area contributed by atoms with Crippen LogP contribution in [0.4, 0.5) is 0 Å². The standard InChI is InChI=1S/C97H86N4O8/c1-7-98-49-51-100(61-98)63-107-59-68-15-25-73(26-16-68)93(70-19-9-65(3)10-20-70)80-37-47-91-89(55-80)97(90-56-81(38-48-92(90)109-91)94(71-21-11-66(57-102)12-22-71)74-27-17-69(18-28-74)60-108-64-101-52-50-99(8-2)62-101)87-53-78(95(72-23-13-67(58-103)14-24-72)75-29-39-82(104-4)40-30-75)35-45-85(87)86-46-36-79(54-88(86)97)96(76-31-41-83(105-5)42-32-76)77-33-43-84(106-6)44-34-77/h7-56,61-62,93-96,102-103H,1-2,57-60,63-64H2,3-6H3/q+2. The molecule has 12 heteroatoms. The average molecular weight is 1440 g/mol. The maximum atomic E-state index is 10.5. The van der Waals surface area contributed by atoms with Crippen LogP contribution in [0.15, 0.2) is 318 Å². The molecule has 2 aromatic heterocycles. The van der Waals surface area contributed by atoms with Crippen LogP contribution in [0.1, 0.15) is 141 Å². The zero-order valence-corrected chi connectivity index (χ0v) is 61.6. The predicted octanol–water partition coefficient (Wildman–Crippen LogP) is 18.9. The van der Waals surface area contributed by atoms with Gasteiger partial charge in [-0.15, -0.1) is 0 Å². The summed E-state index contributed by atoms with van der Waals surface area (Å²) in [7, 11) is 5.12. The Morgan fingerprint density at radius 3 is 0.954 bits per heavy atom. The highest BCUT2D eigenvalue weighted by Crippen LogP contribution is 2.64. The molecule has 0 saturated carbocycles. The molecular formula is C97H86N4O8+2. The van der Waals surface area contributed by atoms with E-state index in [1.54, 1.807) is 33.7 Å². The van der Waals surface area contributed by atoms with E-state index in [9.17, 15) is 10.2 Å². The molecule has 14 aromatic rings. The maximum Gasteiger partial charge on any atom is 0.250 e. The zero-order valence-electron chi connectivity index (χ0n) is 61.6. The van der Waals surface area contributed by atoms with Crippen molar-refractivity contribution in [3.05, 3.63) is 434 Å². The first-order chi connectivity index (χ1) is 53.5. The molecule has 4 unspecified atom stereocenters. The number of ether oxygens (including phenoxy) is 6. The molecule has 3 heterocycles. The fourth-order valence-electron chi connectivity index (χ4n) is 16.2. The van der Waals surface area contributed by atoms with E-state index in [1.165, 1.54) is 5.56 Å². The van der Waals surface area contributed by atoms with Crippen molar-refractivity contribution in [2.45, 2.75) is 75.9 Å². The van der Waals surface area contributed by atoms with Gasteiger partial charge in [-0.3, -0.25) is 0 Å². The molecule has 12 aromatic carbocycles. The van der Waals surface area contributed by atoms with Crippen LogP contribution in [-0.4, -0.2) is 40.7 Å². The lowest BCUT2D eigenvalue weighted by molar-refractivity contribution is -0.567. The second-order valence-electron chi connectivity index (χ2n) is 28.3. The number of benzene rings is 12. The Hall–Kier alpha value is -12.4. The third-order valence-corrected chi connectivity index (χ3v) is 21.8. The van der Waals surface area contributed by atoms with Gasteiger partial charge in [0.05, 0.1) is 65.6 Å². The summed E-state index contributed by atoms with van der Waals surface area (Å²) in [6.07, 6.45) is 15.2. The molecule has 12 nitrogen and oxygen atoms in total. The van der Waals surface area contributed by atoms with Gasteiger partial charge in [-0.2, -0.15) is 0 Å². The van der Waals surface area contributed by atoms with E-state index in [-0.39, 0.29) is 36.9 Å². The van der Waals surface area contributed by atoms with Crippen LogP contribution in [-0.2, 0) is 54.8 Å². The van der Waals surface area contributed by atoms with E-state index >= 15 is 0 Å². The average Bonchev–Trinajstić information content (AvgIpc) is 1.55. The summed E-state index contributed by atoms with van der Waals surface area (Å²) in [5, 5.41) is 21.0. The number of aromatic nitrogens is 4. The number of nitrogens with zero attached hydrogens (tertiary/aromatic N) is 4. The van der Waals surface area contributed by atoms with Gasteiger partial charge in [-0.1, -0.05) is 225 Å². The van der Waals surface area contributed by atoms with Gasteiger partial charge in [0, 0.05) is 34.8 Å². The zero-order chi connectivity index (χ0) is 74.5. The molecule has 2 N–H and O–H groups in total. The molecule has 0 amide bonds. The van der Waals surface area contributed by atoms with Gasteiger partial charge >= 0.3 is 0 Å². The van der Waals surface area contributed by atoms with Crippen LogP contribution in [0.5, 0.6) is 28.7 Å². The number of aryl methyl sites for hydroxylation is 1. The van der Waals surface area contributed by atoms with Gasteiger partial charge in [0.2, 0.25) is 12.7 Å². The summed E-state index contributed by atoms with van der Waals surface area (Å²) in [4.78, 5) is 0. The first-order valence-electron chi connectivity index (χ1n) is 36.9. The Balaban J connectivity index is 0.947. The molecule has 0 saturated heterocycles. The molecule has 540 valence electrons. The van der Waals surface area contributed by atoms with E-state index in [0.717, 1.165) is 151 Å². The summed E-state index contributed by atoms with van der Waals surface area (Å²) >= 11 is 0. The number of hydrogen-bond acceptors (Lipinski definition) is 8. The summed E-state index contributed by atoms with van der Waals surface area (Å²) in [5.41, 5.74) is 23.3. The van der Waals surface area contributed by atoms with E-state index in [1.807, 2.05) is 92.1 Å². The maximum absolute atomic E-state index is 10.5. The number of rotatable bonds is 27. The monoisotopic (exact) mass is 1430 g/mol. The smallest absolute Gasteiger partial charge is 0.250 e. The van der Waals surface area contributed by atoms with Crippen LogP contribution >= 0.6 is 0 Å². The lowest BCUT2D eigenvalue weighted by Crippen LogP contribution is -2.33. The van der Waals surface area contributed by atoms with Crippen molar-refractivity contribution in [2.24, 2.45) is 0 Å². The van der Waals surface area contributed by atoms with E-state index < -0.39 is 5.41 Å². The Labute approximate surface area is 637 Å². The van der Waals surface area contributed by atoms with Crippen molar-refractivity contribution in [1.29, 1.82) is 0 Å². The number of aliphatic hydroxyl groups is 2. The SMILES string of the molecule is C=C[n+]1ccn(COCc2ccc(C(c3ccc(C)cc3)c3ccc4c(c3)C3(c5cc(C(c6ccc(CO)cc6)c6ccc(COCn7cc[n+](C=C)c7)cc6)ccc5O4)c4cc(C(c5ccc(CO)cc5)c5ccc(OC)cc5)ccc4-c4ccc(C(c5ccc(OC)cc5)c5ccc(OC)cc5)cc43)cc2)c1. The van der Waals surface area contributed by atoms with Gasteiger partial charge in [0.1, 0.15) is 53.5 Å². The highest BCUT2D eigenvalue weighted by molar-refractivity contribution is 5.90. The molecule has 1 spiro atoms. The summed E-state index contributed by atoms with van der Waals surface area (Å²) < 4.78 is 45.4. The molecule has 16 rings (SSSR count). The summed E-state index contributed by atoms with van der Waals surface area (Å²) in [6, 6.07) is 96.9. The van der Waals surface area contributed by atoms with E-state index in [4.69, 9.17) is 28.4 Å². The summed E-state index contributed by atoms with van der Waals surface area (Å²) in [5.74, 6) is 2.76. The highest BCUT2D eigenvalue weighted by atomic mass is 16.5.